The Balaban J connectivity index is 2.09. The minimum Gasteiger partial charge on any atom is -0.303 e. The van der Waals surface area contributed by atoms with Crippen LogP contribution in [0.15, 0.2) is 30.3 Å². The molecule has 0 amide bonds. The van der Waals surface area contributed by atoms with Crippen LogP contribution in [0.1, 0.15) is 29.9 Å². The standard InChI is InChI=1S/C15H19Cl2N3/c1-3-12-15(17)14(20(2)19-12)10-18-13(9-16)11-7-5-4-6-8-11/h4-8,13,18H,3,9-10H2,1-2H3. The highest BCUT2D eigenvalue weighted by molar-refractivity contribution is 6.31. The van der Waals surface area contributed by atoms with Gasteiger partial charge in [-0.15, -0.1) is 11.6 Å². The van der Waals surface area contributed by atoms with Gasteiger partial charge in [-0.2, -0.15) is 5.10 Å². The number of hydrogen-bond donors (Lipinski definition) is 1. The maximum Gasteiger partial charge on any atom is 0.0863 e. The van der Waals surface area contributed by atoms with Gasteiger partial charge in [0.25, 0.3) is 0 Å². The molecule has 20 heavy (non-hydrogen) atoms. The van der Waals surface area contributed by atoms with Crippen LogP contribution >= 0.6 is 23.2 Å². The molecule has 0 aliphatic carbocycles. The Hall–Kier alpha value is -1.03. The van der Waals surface area contributed by atoms with Crippen molar-refractivity contribution >= 4 is 23.2 Å². The average molecular weight is 312 g/mol. The lowest BCUT2D eigenvalue weighted by molar-refractivity contribution is 0.551. The van der Waals surface area contributed by atoms with Crippen LogP contribution in [-0.2, 0) is 20.0 Å². The summed E-state index contributed by atoms with van der Waals surface area (Å²) >= 11 is 12.4. The van der Waals surface area contributed by atoms with Gasteiger partial charge in [0.1, 0.15) is 0 Å². The largest absolute Gasteiger partial charge is 0.303 e. The highest BCUT2D eigenvalue weighted by Crippen LogP contribution is 2.22. The minimum atomic E-state index is 0.105. The molecule has 3 nitrogen and oxygen atoms in total. The molecular formula is C15H19Cl2N3. The summed E-state index contributed by atoms with van der Waals surface area (Å²) in [6, 6.07) is 10.3. The van der Waals surface area contributed by atoms with Crippen molar-refractivity contribution in [3.8, 4) is 0 Å². The van der Waals surface area contributed by atoms with Gasteiger partial charge in [-0.25, -0.2) is 0 Å². The lowest BCUT2D eigenvalue weighted by Crippen LogP contribution is -2.23. The number of nitrogens with one attached hydrogen (secondary N) is 1. The fourth-order valence-electron chi connectivity index (χ4n) is 2.18. The zero-order valence-electron chi connectivity index (χ0n) is 11.7. The molecule has 5 heteroatoms. The molecule has 1 aromatic heterocycles. The van der Waals surface area contributed by atoms with E-state index in [2.05, 4.69) is 29.5 Å². The second-order valence-corrected chi connectivity index (χ2v) is 5.37. The first-order valence-electron chi connectivity index (χ1n) is 6.71. The molecule has 1 N–H and O–H groups in total. The first-order chi connectivity index (χ1) is 9.67. The van der Waals surface area contributed by atoms with Gasteiger partial charge in [0.2, 0.25) is 0 Å². The molecule has 0 spiro atoms. The molecule has 1 heterocycles. The van der Waals surface area contributed by atoms with Crippen molar-refractivity contribution in [3.63, 3.8) is 0 Å². The molecule has 0 radical (unpaired) electrons. The number of aromatic nitrogens is 2. The molecule has 1 atom stereocenters. The van der Waals surface area contributed by atoms with Gasteiger partial charge in [0, 0.05) is 25.5 Å². The first-order valence-corrected chi connectivity index (χ1v) is 7.63. The van der Waals surface area contributed by atoms with Crippen molar-refractivity contribution in [1.82, 2.24) is 15.1 Å². The number of halogens is 2. The van der Waals surface area contributed by atoms with Gasteiger partial charge < -0.3 is 5.32 Å². The maximum absolute atomic E-state index is 6.35. The van der Waals surface area contributed by atoms with Crippen LogP contribution in [0.2, 0.25) is 5.02 Å². The van der Waals surface area contributed by atoms with E-state index in [-0.39, 0.29) is 6.04 Å². The van der Waals surface area contributed by atoms with Gasteiger partial charge in [-0.3, -0.25) is 4.68 Å². The lowest BCUT2D eigenvalue weighted by atomic mass is 10.1. The van der Waals surface area contributed by atoms with E-state index >= 15 is 0 Å². The molecule has 0 saturated carbocycles. The third kappa shape index (κ3) is 3.35. The predicted octanol–water partition coefficient (Wildman–Crippen LogP) is 3.71. The van der Waals surface area contributed by atoms with Crippen molar-refractivity contribution in [2.45, 2.75) is 25.9 Å². The Kier molecular flexibility index (Phi) is 5.46. The fourth-order valence-corrected chi connectivity index (χ4v) is 2.83. The SMILES string of the molecule is CCc1nn(C)c(CNC(CCl)c2ccccc2)c1Cl. The van der Waals surface area contributed by atoms with Crippen molar-refractivity contribution in [2.75, 3.05) is 5.88 Å². The number of hydrogen-bond acceptors (Lipinski definition) is 2. The molecule has 0 aliphatic heterocycles. The van der Waals surface area contributed by atoms with E-state index in [1.54, 1.807) is 0 Å². The van der Waals surface area contributed by atoms with Gasteiger partial charge in [-0.05, 0) is 12.0 Å². The molecule has 1 aromatic carbocycles. The van der Waals surface area contributed by atoms with Crippen LogP contribution in [-0.4, -0.2) is 15.7 Å². The topological polar surface area (TPSA) is 29.9 Å². The smallest absolute Gasteiger partial charge is 0.0863 e. The predicted molar refractivity (Wildman–Crippen MR) is 84.3 cm³/mol. The summed E-state index contributed by atoms with van der Waals surface area (Å²) in [4.78, 5) is 0. The van der Waals surface area contributed by atoms with Crippen LogP contribution in [0.5, 0.6) is 0 Å². The number of benzene rings is 1. The van der Waals surface area contributed by atoms with E-state index in [1.165, 1.54) is 5.56 Å². The summed E-state index contributed by atoms with van der Waals surface area (Å²) < 4.78 is 1.84. The van der Waals surface area contributed by atoms with Crippen LogP contribution in [0.3, 0.4) is 0 Å². The van der Waals surface area contributed by atoms with E-state index in [1.807, 2.05) is 29.9 Å². The molecular weight excluding hydrogens is 293 g/mol. The Bertz CT molecular complexity index is 552. The minimum absolute atomic E-state index is 0.105. The summed E-state index contributed by atoms with van der Waals surface area (Å²) in [5.41, 5.74) is 3.11. The van der Waals surface area contributed by atoms with Gasteiger partial charge in [0.15, 0.2) is 0 Å². The summed E-state index contributed by atoms with van der Waals surface area (Å²) in [5.74, 6) is 0.514. The molecule has 1 unspecified atom stereocenters. The summed E-state index contributed by atoms with van der Waals surface area (Å²) in [7, 11) is 1.92. The molecule has 2 aromatic rings. The van der Waals surface area contributed by atoms with E-state index in [0.29, 0.717) is 12.4 Å². The number of alkyl halides is 1. The van der Waals surface area contributed by atoms with Crippen molar-refractivity contribution in [3.05, 3.63) is 52.3 Å². The average Bonchev–Trinajstić information content (AvgIpc) is 2.76. The molecule has 0 aliphatic rings. The second kappa shape index (κ2) is 7.11. The van der Waals surface area contributed by atoms with Crippen LogP contribution in [0, 0.1) is 0 Å². The van der Waals surface area contributed by atoms with Crippen molar-refractivity contribution in [1.29, 1.82) is 0 Å². The second-order valence-electron chi connectivity index (χ2n) is 4.68. The zero-order chi connectivity index (χ0) is 14.5. The number of nitrogens with zero attached hydrogens (tertiary/aromatic N) is 2. The monoisotopic (exact) mass is 311 g/mol. The van der Waals surface area contributed by atoms with E-state index in [4.69, 9.17) is 23.2 Å². The molecule has 0 fully saturated rings. The summed E-state index contributed by atoms with van der Waals surface area (Å²) in [6.07, 6.45) is 0.838. The zero-order valence-corrected chi connectivity index (χ0v) is 13.2. The lowest BCUT2D eigenvalue weighted by Gasteiger charge is -2.16. The van der Waals surface area contributed by atoms with Crippen LogP contribution in [0.25, 0.3) is 0 Å². The quantitative estimate of drug-likeness (QED) is 0.824. The van der Waals surface area contributed by atoms with E-state index in [0.717, 1.165) is 22.8 Å². The molecule has 0 saturated heterocycles. The van der Waals surface area contributed by atoms with Crippen molar-refractivity contribution < 1.29 is 0 Å². The molecule has 0 bridgehead atoms. The van der Waals surface area contributed by atoms with Crippen LogP contribution in [0.4, 0.5) is 0 Å². The first kappa shape index (κ1) is 15.4. The Morgan fingerprint density at radius 3 is 2.55 bits per heavy atom. The Morgan fingerprint density at radius 2 is 2.00 bits per heavy atom. The van der Waals surface area contributed by atoms with Gasteiger partial charge in [0.05, 0.1) is 16.4 Å². The maximum atomic E-state index is 6.35. The van der Waals surface area contributed by atoms with Crippen LogP contribution < -0.4 is 5.32 Å². The fraction of sp³-hybridized carbons (Fsp3) is 0.400. The van der Waals surface area contributed by atoms with Gasteiger partial charge >= 0.3 is 0 Å². The Morgan fingerprint density at radius 1 is 1.30 bits per heavy atom. The Labute approximate surface area is 129 Å². The van der Waals surface area contributed by atoms with Crippen molar-refractivity contribution in [2.24, 2.45) is 7.05 Å². The van der Waals surface area contributed by atoms with E-state index in [9.17, 15) is 0 Å². The highest BCUT2D eigenvalue weighted by atomic mass is 35.5. The number of aryl methyl sites for hydroxylation is 2. The highest BCUT2D eigenvalue weighted by Gasteiger charge is 2.15. The van der Waals surface area contributed by atoms with Gasteiger partial charge in [-0.1, -0.05) is 48.9 Å². The summed E-state index contributed by atoms with van der Waals surface area (Å²) in [6.45, 7) is 2.70. The normalized spacial score (nSPS) is 12.6. The van der Waals surface area contributed by atoms with E-state index < -0.39 is 0 Å². The third-order valence-electron chi connectivity index (χ3n) is 3.38. The molecule has 108 valence electrons. The third-order valence-corrected chi connectivity index (χ3v) is 4.12. The molecule has 2 rings (SSSR count). The summed E-state index contributed by atoms with van der Waals surface area (Å²) in [5, 5.41) is 8.61. The number of rotatable bonds is 6.